The van der Waals surface area contributed by atoms with Crippen molar-refractivity contribution in [2.24, 2.45) is 0 Å². The van der Waals surface area contributed by atoms with Gasteiger partial charge in [-0.25, -0.2) is 0 Å². The molecule has 0 saturated carbocycles. The summed E-state index contributed by atoms with van der Waals surface area (Å²) in [7, 11) is 1.72. The fourth-order valence-corrected chi connectivity index (χ4v) is 5.34. The first-order valence-electron chi connectivity index (χ1n) is 12.8. The third kappa shape index (κ3) is 7.70. The first kappa shape index (κ1) is 29.4. The highest BCUT2D eigenvalue weighted by atomic mass is 35.5. The van der Waals surface area contributed by atoms with Gasteiger partial charge < -0.3 is 14.4 Å². The highest BCUT2D eigenvalue weighted by Gasteiger charge is 2.20. The van der Waals surface area contributed by atoms with Crippen LogP contribution >= 0.6 is 36.4 Å². The lowest BCUT2D eigenvalue weighted by Crippen LogP contribution is -2.47. The van der Waals surface area contributed by atoms with Crippen molar-refractivity contribution in [1.82, 2.24) is 4.90 Å². The van der Waals surface area contributed by atoms with Crippen LogP contribution in [0.25, 0.3) is 0 Å². The maximum atomic E-state index is 6.23. The van der Waals surface area contributed by atoms with E-state index in [0.717, 1.165) is 61.4 Å². The molecule has 3 aromatic rings. The lowest BCUT2D eigenvalue weighted by molar-refractivity contribution is 0.260. The minimum absolute atomic E-state index is 0. The maximum Gasteiger partial charge on any atom is 0.142 e. The van der Waals surface area contributed by atoms with Gasteiger partial charge in [0, 0.05) is 37.7 Å². The van der Waals surface area contributed by atoms with Crippen molar-refractivity contribution in [1.29, 1.82) is 0 Å². The third-order valence-corrected chi connectivity index (χ3v) is 7.55. The molecule has 0 spiro atoms. The van der Waals surface area contributed by atoms with Crippen LogP contribution in [0.5, 0.6) is 11.5 Å². The molecular formula is C30H37Cl3N2O2. The van der Waals surface area contributed by atoms with E-state index in [-0.39, 0.29) is 24.8 Å². The van der Waals surface area contributed by atoms with E-state index in [1.54, 1.807) is 7.11 Å². The molecule has 0 bridgehead atoms. The Kier molecular flexibility index (Phi) is 11.3. The van der Waals surface area contributed by atoms with Gasteiger partial charge in [0.2, 0.25) is 0 Å². The van der Waals surface area contributed by atoms with Gasteiger partial charge in [-0.2, -0.15) is 0 Å². The van der Waals surface area contributed by atoms with E-state index in [1.165, 1.54) is 47.9 Å². The lowest BCUT2D eigenvalue weighted by atomic mass is 9.92. The van der Waals surface area contributed by atoms with Gasteiger partial charge in [-0.05, 0) is 84.7 Å². The fourth-order valence-electron chi connectivity index (χ4n) is 5.18. The average molecular weight is 564 g/mol. The molecule has 7 heteroatoms. The number of methoxy groups -OCH3 is 1. The van der Waals surface area contributed by atoms with Crippen LogP contribution in [0.4, 0.5) is 5.69 Å². The van der Waals surface area contributed by atoms with Gasteiger partial charge in [-0.3, -0.25) is 4.90 Å². The number of anilines is 1. The molecule has 4 nitrogen and oxygen atoms in total. The molecular weight excluding hydrogens is 527 g/mol. The number of hydrogen-bond donors (Lipinski definition) is 0. The second-order valence-corrected chi connectivity index (χ2v) is 10.1. The highest BCUT2D eigenvalue weighted by Crippen LogP contribution is 2.32. The van der Waals surface area contributed by atoms with Crippen LogP contribution in [0.2, 0.25) is 5.02 Å². The van der Waals surface area contributed by atoms with E-state index in [9.17, 15) is 0 Å². The predicted octanol–water partition coefficient (Wildman–Crippen LogP) is 7.01. The topological polar surface area (TPSA) is 24.9 Å². The summed E-state index contributed by atoms with van der Waals surface area (Å²) in [5.74, 6) is 1.88. The van der Waals surface area contributed by atoms with Crippen LogP contribution in [0.1, 0.15) is 35.1 Å². The normalized spacial score (nSPS) is 15.2. The highest BCUT2D eigenvalue weighted by molar-refractivity contribution is 6.30. The van der Waals surface area contributed by atoms with E-state index in [4.69, 9.17) is 21.1 Å². The Bertz CT molecular complexity index is 1130. The van der Waals surface area contributed by atoms with Crippen LogP contribution in [0.15, 0.2) is 60.7 Å². The Labute approximate surface area is 238 Å². The Morgan fingerprint density at radius 2 is 1.49 bits per heavy atom. The SMILES string of the molecule is COc1ccc(Cl)cc1N1CCN(CCc2ccc(COc3ccc4c(c3)CCCC4)cc2)CC1.Cl.Cl. The summed E-state index contributed by atoms with van der Waals surface area (Å²) in [4.78, 5) is 4.92. The molecule has 0 amide bonds. The van der Waals surface area contributed by atoms with Crippen LogP contribution in [-0.2, 0) is 25.9 Å². The lowest BCUT2D eigenvalue weighted by Gasteiger charge is -2.36. The fraction of sp³-hybridized carbons (Fsp3) is 0.400. The number of nitrogens with zero attached hydrogens (tertiary/aromatic N) is 2. The summed E-state index contributed by atoms with van der Waals surface area (Å²) in [6.07, 6.45) is 6.07. The Morgan fingerprint density at radius 3 is 2.22 bits per heavy atom. The van der Waals surface area contributed by atoms with Gasteiger partial charge in [-0.1, -0.05) is 41.9 Å². The molecule has 1 fully saturated rings. The van der Waals surface area contributed by atoms with E-state index < -0.39 is 0 Å². The molecule has 0 aromatic heterocycles. The van der Waals surface area contributed by atoms with Crippen molar-refractivity contribution < 1.29 is 9.47 Å². The van der Waals surface area contributed by atoms with Crippen LogP contribution < -0.4 is 14.4 Å². The van der Waals surface area contributed by atoms with Crippen molar-refractivity contribution in [3.8, 4) is 11.5 Å². The monoisotopic (exact) mass is 562 g/mol. The zero-order valence-electron chi connectivity index (χ0n) is 21.5. The molecule has 2 aliphatic rings. The Hall–Kier alpha value is -2.11. The number of piperazine rings is 1. The average Bonchev–Trinajstić information content (AvgIpc) is 2.91. The first-order chi connectivity index (χ1) is 17.2. The molecule has 37 heavy (non-hydrogen) atoms. The van der Waals surface area contributed by atoms with E-state index in [1.807, 2.05) is 18.2 Å². The maximum absolute atomic E-state index is 6.23. The molecule has 0 radical (unpaired) electrons. The summed E-state index contributed by atoms with van der Waals surface area (Å²) in [6.45, 7) is 5.75. The molecule has 1 saturated heterocycles. The van der Waals surface area contributed by atoms with Crippen molar-refractivity contribution >= 4 is 42.1 Å². The minimum Gasteiger partial charge on any atom is -0.495 e. The zero-order chi connectivity index (χ0) is 24.0. The van der Waals surface area contributed by atoms with E-state index >= 15 is 0 Å². The molecule has 5 rings (SSSR count). The second kappa shape index (κ2) is 14.2. The standard InChI is InChI=1S/C30H35ClN2O2.2ClH/c1-34-30-13-11-27(31)21-29(30)33-18-16-32(17-19-33)15-14-23-6-8-24(9-7-23)22-35-28-12-10-25-4-2-3-5-26(25)20-28;;/h6-13,20-21H,2-5,14-19,22H2,1H3;2*1H. The predicted molar refractivity (Wildman–Crippen MR) is 159 cm³/mol. The number of fused-ring (bicyclic) bond motifs is 1. The van der Waals surface area contributed by atoms with Gasteiger partial charge in [-0.15, -0.1) is 24.8 Å². The second-order valence-electron chi connectivity index (χ2n) is 9.64. The zero-order valence-corrected chi connectivity index (χ0v) is 23.8. The van der Waals surface area contributed by atoms with Gasteiger partial charge in [0.05, 0.1) is 12.8 Å². The van der Waals surface area contributed by atoms with Crippen molar-refractivity contribution in [2.45, 2.75) is 38.7 Å². The summed E-state index contributed by atoms with van der Waals surface area (Å²) >= 11 is 6.23. The Morgan fingerprint density at radius 1 is 0.784 bits per heavy atom. The molecule has 0 atom stereocenters. The summed E-state index contributed by atoms with van der Waals surface area (Å²) in [6, 6.07) is 21.4. The summed E-state index contributed by atoms with van der Waals surface area (Å²) < 4.78 is 11.6. The molecule has 3 aromatic carbocycles. The number of benzene rings is 3. The first-order valence-corrected chi connectivity index (χ1v) is 13.2. The quantitative estimate of drug-likeness (QED) is 0.294. The van der Waals surface area contributed by atoms with E-state index in [0.29, 0.717) is 6.61 Å². The summed E-state index contributed by atoms with van der Waals surface area (Å²) in [5, 5.41) is 0.750. The van der Waals surface area contributed by atoms with Crippen LogP contribution in [0, 0.1) is 0 Å². The van der Waals surface area contributed by atoms with Gasteiger partial charge in [0.15, 0.2) is 0 Å². The third-order valence-electron chi connectivity index (χ3n) is 7.32. The van der Waals surface area contributed by atoms with Gasteiger partial charge >= 0.3 is 0 Å². The molecule has 0 unspecified atom stereocenters. The minimum atomic E-state index is 0. The number of aryl methyl sites for hydroxylation is 2. The van der Waals surface area contributed by atoms with Crippen molar-refractivity contribution in [2.75, 3.05) is 44.7 Å². The van der Waals surface area contributed by atoms with Crippen molar-refractivity contribution in [3.05, 3.63) is 87.9 Å². The molecule has 200 valence electrons. The van der Waals surface area contributed by atoms with Crippen molar-refractivity contribution in [3.63, 3.8) is 0 Å². The number of ether oxygens (including phenoxy) is 2. The molecule has 0 N–H and O–H groups in total. The number of halogens is 3. The number of hydrogen-bond acceptors (Lipinski definition) is 4. The van der Waals surface area contributed by atoms with Crippen LogP contribution in [0.3, 0.4) is 0 Å². The molecule has 1 heterocycles. The van der Waals surface area contributed by atoms with E-state index in [2.05, 4.69) is 52.3 Å². The molecule has 1 aliphatic carbocycles. The summed E-state index contributed by atoms with van der Waals surface area (Å²) in [5.41, 5.74) is 6.65. The van der Waals surface area contributed by atoms with Gasteiger partial charge in [0.1, 0.15) is 18.1 Å². The largest absolute Gasteiger partial charge is 0.495 e. The van der Waals surface area contributed by atoms with Gasteiger partial charge in [0.25, 0.3) is 0 Å². The Balaban J connectivity index is 0.00000190. The van der Waals surface area contributed by atoms with Crippen LogP contribution in [-0.4, -0.2) is 44.7 Å². The molecule has 1 aliphatic heterocycles. The number of rotatable bonds is 8. The smallest absolute Gasteiger partial charge is 0.142 e.